The SMILES string of the molecule is CCOC(=O)CN(C(=O)OCC)c1cc(Cl)c(Oc2ccc(OCc3ccccc3)c(OC(CC)CC)c2)c(Cl)c1. The average molecular weight is 605 g/mol. The highest BCUT2D eigenvalue weighted by Gasteiger charge is 2.24. The van der Waals surface area contributed by atoms with Crippen molar-refractivity contribution in [3.63, 3.8) is 0 Å². The molecule has 1 amide bonds. The summed E-state index contributed by atoms with van der Waals surface area (Å²) >= 11 is 13.1. The molecule has 8 nitrogen and oxygen atoms in total. The summed E-state index contributed by atoms with van der Waals surface area (Å²) < 4.78 is 28.5. The molecule has 41 heavy (non-hydrogen) atoms. The molecule has 220 valence electrons. The Balaban J connectivity index is 1.89. The van der Waals surface area contributed by atoms with E-state index < -0.39 is 12.1 Å². The van der Waals surface area contributed by atoms with Crippen molar-refractivity contribution in [3.05, 3.63) is 76.3 Å². The first-order chi connectivity index (χ1) is 19.8. The standard InChI is InChI=1S/C31H35Cl2NO7/c1-5-23(6-2)40-28-18-24(14-15-27(28)39-20-21-12-10-9-11-13-21)41-30-25(32)16-22(17-26(30)33)34(31(36)38-8-4)19-29(35)37-7-3/h9-18,23H,5-8,19-20H2,1-4H3. The number of carbonyl (C=O) groups is 2. The first-order valence-corrected chi connectivity index (χ1v) is 14.3. The van der Waals surface area contributed by atoms with Crippen molar-refractivity contribution in [2.24, 2.45) is 0 Å². The second-order valence-corrected chi connectivity index (χ2v) is 9.68. The van der Waals surface area contributed by atoms with Gasteiger partial charge in [0, 0.05) is 6.07 Å². The maximum absolute atomic E-state index is 12.6. The number of anilines is 1. The minimum atomic E-state index is -0.740. The van der Waals surface area contributed by atoms with E-state index in [0.717, 1.165) is 23.3 Å². The Morgan fingerprint density at radius 2 is 1.49 bits per heavy atom. The number of nitrogens with zero attached hydrogens (tertiary/aromatic N) is 1. The molecule has 0 aliphatic rings. The van der Waals surface area contributed by atoms with Crippen LogP contribution in [0.2, 0.25) is 10.0 Å². The molecule has 3 rings (SSSR count). The predicted octanol–water partition coefficient (Wildman–Crippen LogP) is 8.46. The zero-order chi connectivity index (χ0) is 29.8. The van der Waals surface area contributed by atoms with Gasteiger partial charge in [-0.3, -0.25) is 9.69 Å². The van der Waals surface area contributed by atoms with Gasteiger partial charge in [0.15, 0.2) is 17.2 Å². The molecule has 0 aliphatic carbocycles. The van der Waals surface area contributed by atoms with E-state index >= 15 is 0 Å². The van der Waals surface area contributed by atoms with Crippen LogP contribution in [0.4, 0.5) is 10.5 Å². The molecular formula is C31H35Cl2NO7. The summed E-state index contributed by atoms with van der Waals surface area (Å²) in [5, 5.41) is 0.245. The molecule has 0 atom stereocenters. The lowest BCUT2D eigenvalue weighted by Gasteiger charge is -2.22. The van der Waals surface area contributed by atoms with Crippen LogP contribution in [0.3, 0.4) is 0 Å². The van der Waals surface area contributed by atoms with Crippen LogP contribution >= 0.6 is 23.2 Å². The van der Waals surface area contributed by atoms with Gasteiger partial charge in [0.25, 0.3) is 0 Å². The number of esters is 1. The van der Waals surface area contributed by atoms with Gasteiger partial charge < -0.3 is 23.7 Å². The third-order valence-corrected chi connectivity index (χ3v) is 6.51. The number of rotatable bonds is 14. The Hall–Kier alpha value is -3.62. The summed E-state index contributed by atoms with van der Waals surface area (Å²) in [5.41, 5.74) is 1.28. The molecule has 0 fully saturated rings. The molecule has 0 bridgehead atoms. The van der Waals surface area contributed by atoms with Crippen molar-refractivity contribution >= 4 is 41.0 Å². The van der Waals surface area contributed by atoms with E-state index in [-0.39, 0.29) is 47.3 Å². The van der Waals surface area contributed by atoms with Crippen molar-refractivity contribution in [3.8, 4) is 23.0 Å². The summed E-state index contributed by atoms with van der Waals surface area (Å²) in [6.07, 6.45) is 0.892. The molecule has 3 aromatic rings. The molecule has 0 radical (unpaired) electrons. The molecule has 0 unspecified atom stereocenters. The van der Waals surface area contributed by atoms with Gasteiger partial charge >= 0.3 is 12.1 Å². The number of carbonyl (C=O) groups excluding carboxylic acids is 2. The second kappa shape index (κ2) is 16.0. The zero-order valence-corrected chi connectivity index (χ0v) is 25.2. The van der Waals surface area contributed by atoms with Crippen molar-refractivity contribution in [1.29, 1.82) is 0 Å². The summed E-state index contributed by atoms with van der Waals surface area (Å²) in [4.78, 5) is 25.8. The topological polar surface area (TPSA) is 83.5 Å². The Bertz CT molecular complexity index is 1280. The zero-order valence-electron chi connectivity index (χ0n) is 23.7. The van der Waals surface area contributed by atoms with E-state index in [1.165, 1.54) is 12.1 Å². The molecule has 3 aromatic carbocycles. The van der Waals surface area contributed by atoms with Crippen molar-refractivity contribution in [2.45, 2.75) is 53.2 Å². The fraction of sp³-hybridized carbons (Fsp3) is 0.355. The Morgan fingerprint density at radius 3 is 2.10 bits per heavy atom. The molecule has 0 aromatic heterocycles. The second-order valence-electron chi connectivity index (χ2n) is 8.87. The van der Waals surface area contributed by atoms with Crippen LogP contribution < -0.4 is 19.1 Å². The van der Waals surface area contributed by atoms with Crippen LogP contribution in [0.5, 0.6) is 23.0 Å². The molecule has 0 aliphatic heterocycles. The molecular weight excluding hydrogens is 569 g/mol. The Labute approximate surface area is 251 Å². The van der Waals surface area contributed by atoms with Crippen LogP contribution in [0, 0.1) is 0 Å². The summed E-state index contributed by atoms with van der Waals surface area (Å²) in [7, 11) is 0. The van der Waals surface area contributed by atoms with Crippen LogP contribution in [-0.2, 0) is 20.9 Å². The monoisotopic (exact) mass is 603 g/mol. The minimum absolute atomic E-state index is 0.0101. The number of hydrogen-bond donors (Lipinski definition) is 0. The minimum Gasteiger partial charge on any atom is -0.486 e. The quantitative estimate of drug-likeness (QED) is 0.171. The maximum atomic E-state index is 12.6. The molecule has 0 saturated heterocycles. The Kier molecular flexibility index (Phi) is 12.4. The van der Waals surface area contributed by atoms with E-state index in [1.807, 2.05) is 30.3 Å². The first-order valence-electron chi connectivity index (χ1n) is 13.5. The van der Waals surface area contributed by atoms with Gasteiger partial charge in [0.2, 0.25) is 0 Å². The molecule has 0 spiro atoms. The van der Waals surface area contributed by atoms with E-state index in [4.69, 9.17) is 46.9 Å². The highest BCUT2D eigenvalue weighted by Crippen LogP contribution is 2.42. The number of amides is 1. The summed E-state index contributed by atoms with van der Waals surface area (Å²) in [6, 6.07) is 18.0. The number of benzene rings is 3. The number of ether oxygens (including phenoxy) is 5. The van der Waals surface area contributed by atoms with Gasteiger partial charge in [0.05, 0.1) is 35.1 Å². The van der Waals surface area contributed by atoms with Gasteiger partial charge in [-0.05, 0) is 56.5 Å². The van der Waals surface area contributed by atoms with Crippen molar-refractivity contribution in [2.75, 3.05) is 24.7 Å². The number of halogens is 2. The van der Waals surface area contributed by atoms with Crippen LogP contribution in [0.25, 0.3) is 0 Å². The van der Waals surface area contributed by atoms with Gasteiger partial charge in [-0.15, -0.1) is 0 Å². The molecule has 0 heterocycles. The Morgan fingerprint density at radius 1 is 0.829 bits per heavy atom. The van der Waals surface area contributed by atoms with Crippen LogP contribution in [0.15, 0.2) is 60.7 Å². The predicted molar refractivity (Wildman–Crippen MR) is 160 cm³/mol. The highest BCUT2D eigenvalue weighted by molar-refractivity contribution is 6.37. The summed E-state index contributed by atoms with van der Waals surface area (Å²) in [6.45, 7) is 7.74. The van der Waals surface area contributed by atoms with E-state index in [2.05, 4.69) is 13.8 Å². The largest absolute Gasteiger partial charge is 0.486 e. The lowest BCUT2D eigenvalue weighted by Crippen LogP contribution is -2.37. The van der Waals surface area contributed by atoms with Gasteiger partial charge in [-0.1, -0.05) is 67.4 Å². The van der Waals surface area contributed by atoms with Crippen LogP contribution in [0.1, 0.15) is 46.1 Å². The van der Waals surface area contributed by atoms with Crippen molar-refractivity contribution in [1.82, 2.24) is 0 Å². The third kappa shape index (κ3) is 9.20. The van der Waals surface area contributed by atoms with E-state index in [9.17, 15) is 9.59 Å². The lowest BCUT2D eigenvalue weighted by atomic mass is 10.2. The third-order valence-electron chi connectivity index (χ3n) is 5.95. The number of hydrogen-bond acceptors (Lipinski definition) is 7. The highest BCUT2D eigenvalue weighted by atomic mass is 35.5. The normalized spacial score (nSPS) is 10.7. The fourth-order valence-electron chi connectivity index (χ4n) is 3.85. The molecule has 10 heteroatoms. The summed E-state index contributed by atoms with van der Waals surface area (Å²) in [5.74, 6) is 1.09. The van der Waals surface area contributed by atoms with Crippen LogP contribution in [-0.4, -0.2) is 37.9 Å². The van der Waals surface area contributed by atoms with E-state index in [1.54, 1.807) is 32.0 Å². The van der Waals surface area contributed by atoms with Crippen molar-refractivity contribution < 1.29 is 33.3 Å². The first kappa shape index (κ1) is 31.9. The lowest BCUT2D eigenvalue weighted by molar-refractivity contribution is -0.141. The van der Waals surface area contributed by atoms with E-state index in [0.29, 0.717) is 23.9 Å². The fourth-order valence-corrected chi connectivity index (χ4v) is 4.40. The van der Waals surface area contributed by atoms with Gasteiger partial charge in [-0.2, -0.15) is 0 Å². The maximum Gasteiger partial charge on any atom is 0.414 e. The average Bonchev–Trinajstić information content (AvgIpc) is 2.96. The molecule has 0 N–H and O–H groups in total. The smallest absolute Gasteiger partial charge is 0.414 e. The van der Waals surface area contributed by atoms with Gasteiger partial charge in [0.1, 0.15) is 18.9 Å². The molecule has 0 saturated carbocycles. The van der Waals surface area contributed by atoms with Gasteiger partial charge in [-0.25, -0.2) is 4.79 Å².